The van der Waals surface area contributed by atoms with Crippen molar-refractivity contribution in [3.63, 3.8) is 0 Å². The van der Waals surface area contributed by atoms with Gasteiger partial charge in [-0.1, -0.05) is 0 Å². The fourth-order valence-corrected chi connectivity index (χ4v) is 6.50. The number of hydrogen-bond acceptors (Lipinski definition) is 0. The number of nitrogens with one attached hydrogen (secondary N) is 2. The van der Waals surface area contributed by atoms with Crippen molar-refractivity contribution < 1.29 is 8.82 Å². The first kappa shape index (κ1) is 13.6. The summed E-state index contributed by atoms with van der Waals surface area (Å²) in [5.41, 5.74) is 0. The molecule has 0 radical (unpaired) electrons. The van der Waals surface area contributed by atoms with E-state index in [4.69, 9.17) is 0 Å². The maximum absolute atomic E-state index is 3.59. The summed E-state index contributed by atoms with van der Waals surface area (Å²) < 4.78 is 7.18. The highest BCUT2D eigenvalue weighted by Crippen LogP contribution is 1.99. The molecular weight excluding hydrogens is 230 g/mol. The Bertz CT molecular complexity index is 182. The lowest BCUT2D eigenvalue weighted by molar-refractivity contribution is -0.274. The van der Waals surface area contributed by atoms with Gasteiger partial charge in [-0.15, -0.1) is 0 Å². The third-order valence-electron chi connectivity index (χ3n) is 0.970. The molecule has 0 aromatic heterocycles. The molecule has 0 aromatic rings. The summed E-state index contributed by atoms with van der Waals surface area (Å²) in [6.45, 7) is 14.0. The molecule has 0 saturated heterocycles. The van der Waals surface area contributed by atoms with Crippen molar-refractivity contribution in [3.8, 4) is 0 Å². The van der Waals surface area contributed by atoms with Crippen LogP contribution in [0.3, 0.4) is 0 Å². The molecule has 0 fully saturated rings. The van der Waals surface area contributed by atoms with E-state index in [9.17, 15) is 0 Å². The van der Waals surface area contributed by atoms with Crippen molar-refractivity contribution in [2.75, 3.05) is 5.90 Å². The van der Waals surface area contributed by atoms with Gasteiger partial charge in [0.05, 0.1) is 0 Å². The summed E-state index contributed by atoms with van der Waals surface area (Å²) in [6.07, 6.45) is 0. The Balaban J connectivity index is 3.81. The first-order chi connectivity index (χ1) is 5.71. The summed E-state index contributed by atoms with van der Waals surface area (Å²) in [7, 11) is 0.716. The van der Waals surface area contributed by atoms with E-state index in [1.165, 1.54) is 22.6 Å². The summed E-state index contributed by atoms with van der Waals surface area (Å²) >= 11 is 0. The van der Waals surface area contributed by atoms with E-state index in [0.29, 0.717) is 0 Å². The minimum Gasteiger partial charge on any atom is -0.306 e. The molecule has 0 aromatic carbocycles. The van der Waals surface area contributed by atoms with Crippen LogP contribution in [0.25, 0.3) is 0 Å². The molecule has 0 saturated carbocycles. The zero-order valence-electron chi connectivity index (χ0n) is 9.60. The van der Waals surface area contributed by atoms with Crippen molar-refractivity contribution in [3.05, 3.63) is 0 Å². The monoisotopic (exact) mass is 252 g/mol. The molecule has 0 aliphatic heterocycles. The Kier molecular flexibility index (Phi) is 5.77. The van der Waals surface area contributed by atoms with Crippen molar-refractivity contribution in [1.29, 1.82) is 0 Å². The van der Waals surface area contributed by atoms with Crippen LogP contribution in [0.1, 0.15) is 0 Å². The molecule has 0 aliphatic carbocycles. The Morgan fingerprint density at radius 2 is 1.08 bits per heavy atom. The number of hydrogen-bond donors (Lipinski definition) is 2. The molecule has 0 spiro atoms. The van der Waals surface area contributed by atoms with Crippen LogP contribution < -0.4 is 8.82 Å². The van der Waals surface area contributed by atoms with Gasteiger partial charge in [0.25, 0.3) is 0 Å². The van der Waals surface area contributed by atoms with Crippen LogP contribution in [0.4, 0.5) is 0 Å². The second kappa shape index (κ2) is 5.50. The molecule has 0 bridgehead atoms. The Morgan fingerprint density at radius 3 is 1.31 bits per heavy atom. The second-order valence-corrected chi connectivity index (χ2v) is 17.7. The van der Waals surface area contributed by atoms with Gasteiger partial charge >= 0.3 is 16.5 Å². The molecule has 6 heteroatoms. The Hall–Kier alpha value is 0.634. The van der Waals surface area contributed by atoms with Crippen LogP contribution in [0.15, 0.2) is 0 Å². The zero-order chi connectivity index (χ0) is 10.5. The molecule has 2 N–H and O–H groups in total. The lowest BCUT2D eigenvalue weighted by Crippen LogP contribution is -2.81. The van der Waals surface area contributed by atoms with E-state index in [1.807, 2.05) is 0 Å². The fraction of sp³-hybridized carbons (Fsp3) is 1.00. The van der Waals surface area contributed by atoms with Gasteiger partial charge in [0, 0.05) is 0 Å². The van der Waals surface area contributed by atoms with E-state index in [-0.39, 0.29) is 0 Å². The maximum atomic E-state index is 3.59. The number of rotatable bonds is 4. The quantitative estimate of drug-likeness (QED) is 0.553. The van der Waals surface area contributed by atoms with E-state index in [0.717, 1.165) is 0 Å². The highest BCUT2D eigenvalue weighted by molar-refractivity contribution is 7.43. The standard InChI is InChI=1S/C7H20N2P2Si2/c1-12(2,3)8-10-7-11-9-13(4,5)6/h7H2,1-6H3/p+2. The van der Waals surface area contributed by atoms with E-state index in [1.54, 1.807) is 0 Å². The van der Waals surface area contributed by atoms with Gasteiger partial charge in [-0.3, -0.25) is 0 Å². The van der Waals surface area contributed by atoms with Gasteiger partial charge < -0.3 is 8.82 Å². The average Bonchev–Trinajstić information content (AvgIpc) is 1.81. The van der Waals surface area contributed by atoms with E-state index < -0.39 is 16.5 Å². The maximum Gasteiger partial charge on any atom is 0.349 e. The topological polar surface area (TPSA) is 27.9 Å². The van der Waals surface area contributed by atoms with Gasteiger partial charge in [-0.25, -0.2) is 0 Å². The van der Waals surface area contributed by atoms with E-state index in [2.05, 4.69) is 48.1 Å². The predicted molar refractivity (Wildman–Crippen MR) is 67.3 cm³/mol. The fourth-order valence-electron chi connectivity index (χ4n) is 0.580. The molecule has 0 aliphatic rings. The van der Waals surface area contributed by atoms with Gasteiger partial charge in [0.15, 0.2) is 22.6 Å². The third kappa shape index (κ3) is 12.6. The van der Waals surface area contributed by atoms with Crippen LogP contribution in [0.2, 0.25) is 39.3 Å². The molecule has 76 valence electrons. The molecule has 0 unspecified atom stereocenters. The van der Waals surface area contributed by atoms with Crippen molar-refractivity contribution in [2.45, 2.75) is 39.3 Å². The van der Waals surface area contributed by atoms with Crippen LogP contribution in [0.5, 0.6) is 0 Å². The first-order valence-corrected chi connectivity index (χ1v) is 13.7. The average molecular weight is 252 g/mol. The minimum absolute atomic E-state index is 1.04. The molecule has 2 nitrogen and oxygen atoms in total. The first-order valence-electron chi connectivity index (χ1n) is 4.58. The molecule has 0 heterocycles. The van der Waals surface area contributed by atoms with Gasteiger partial charge in [-0.2, -0.15) is 0 Å². The lowest BCUT2D eigenvalue weighted by Gasteiger charge is -1.97. The molecule has 0 rings (SSSR count). The molecule has 0 amide bonds. The summed E-state index contributed by atoms with van der Waals surface area (Å²) in [4.78, 5) is 0. The summed E-state index contributed by atoms with van der Waals surface area (Å²) in [6, 6.07) is 0. The zero-order valence-corrected chi connectivity index (χ0v) is 13.4. The van der Waals surface area contributed by atoms with Crippen LogP contribution >= 0.6 is 16.7 Å². The smallest absolute Gasteiger partial charge is 0.306 e. The van der Waals surface area contributed by atoms with Crippen LogP contribution in [-0.4, -0.2) is 22.4 Å². The van der Waals surface area contributed by atoms with Gasteiger partial charge in [0.2, 0.25) is 0 Å². The highest BCUT2D eigenvalue weighted by Gasteiger charge is 2.21. The van der Waals surface area contributed by atoms with Gasteiger partial charge in [0.1, 0.15) is 0 Å². The van der Waals surface area contributed by atoms with Gasteiger partial charge in [-0.05, 0) is 39.3 Å². The summed E-state index contributed by atoms with van der Waals surface area (Å²) in [5, 5.41) is 0. The largest absolute Gasteiger partial charge is 0.349 e. The highest BCUT2D eigenvalue weighted by atomic mass is 31.1. The molecule has 13 heavy (non-hydrogen) atoms. The van der Waals surface area contributed by atoms with Crippen LogP contribution in [-0.2, 0) is 0 Å². The lowest BCUT2D eigenvalue weighted by atomic mass is 11.8. The van der Waals surface area contributed by atoms with Crippen molar-refractivity contribution >= 4 is 33.2 Å². The SMILES string of the molecule is C[Si](C)(C)[NH+]=PCP=[NH+][Si](C)(C)C. The molecule has 0 atom stereocenters. The third-order valence-corrected chi connectivity index (χ3v) is 8.73. The molecular formula is C7H22N2P2Si2+2. The van der Waals surface area contributed by atoms with E-state index >= 15 is 0 Å². The minimum atomic E-state index is -1.04. The second-order valence-electron chi connectivity index (χ2n) is 5.18. The Morgan fingerprint density at radius 1 is 0.769 bits per heavy atom. The Labute approximate surface area is 87.5 Å². The van der Waals surface area contributed by atoms with Crippen LogP contribution in [0, 0.1) is 0 Å². The normalized spacial score (nSPS) is 14.6. The van der Waals surface area contributed by atoms with Crippen molar-refractivity contribution in [1.82, 2.24) is 0 Å². The van der Waals surface area contributed by atoms with Crippen molar-refractivity contribution in [2.24, 2.45) is 0 Å². The summed E-state index contributed by atoms with van der Waals surface area (Å²) in [5.74, 6) is 1.20. The predicted octanol–water partition coefficient (Wildman–Crippen LogP) is 1.03.